The minimum atomic E-state index is -0.850. The van der Waals surface area contributed by atoms with Gasteiger partial charge in [0.05, 0.1) is 18.8 Å². The molecular weight excluding hydrogens is 208 g/mol. The van der Waals surface area contributed by atoms with Gasteiger partial charge in [0.25, 0.3) is 0 Å². The Hall–Kier alpha value is -1.39. The fraction of sp³-hybridized carbons (Fsp3) is 0.417. The Bertz CT molecular complexity index is 345. The van der Waals surface area contributed by atoms with E-state index in [9.17, 15) is 4.79 Å². The molecular formula is C12H16O4. The summed E-state index contributed by atoms with van der Waals surface area (Å²) in [4.78, 5) is 11.7. The molecule has 0 aliphatic rings. The van der Waals surface area contributed by atoms with Gasteiger partial charge < -0.3 is 14.9 Å². The predicted molar refractivity (Wildman–Crippen MR) is 59.2 cm³/mol. The zero-order chi connectivity index (χ0) is 12.0. The van der Waals surface area contributed by atoms with Crippen LogP contribution in [0.5, 0.6) is 0 Å². The monoisotopic (exact) mass is 224 g/mol. The Labute approximate surface area is 94.5 Å². The van der Waals surface area contributed by atoms with Crippen LogP contribution in [0.2, 0.25) is 0 Å². The molecule has 0 saturated carbocycles. The maximum atomic E-state index is 11.7. The minimum absolute atomic E-state index is 0.378. The molecule has 4 heteroatoms. The number of benzene rings is 1. The molecule has 0 radical (unpaired) electrons. The van der Waals surface area contributed by atoms with Crippen LogP contribution in [-0.2, 0) is 11.2 Å². The quantitative estimate of drug-likeness (QED) is 0.725. The van der Waals surface area contributed by atoms with E-state index in [2.05, 4.69) is 0 Å². The molecule has 0 unspecified atom stereocenters. The van der Waals surface area contributed by atoms with Gasteiger partial charge in [0.1, 0.15) is 6.10 Å². The normalized spacial score (nSPS) is 10.5. The van der Waals surface area contributed by atoms with Gasteiger partial charge in [0, 0.05) is 0 Å². The molecule has 0 amide bonds. The highest BCUT2D eigenvalue weighted by Gasteiger charge is 2.16. The topological polar surface area (TPSA) is 66.8 Å². The third-order valence-electron chi connectivity index (χ3n) is 2.30. The third-order valence-corrected chi connectivity index (χ3v) is 2.30. The smallest absolute Gasteiger partial charge is 0.338 e. The third kappa shape index (κ3) is 3.05. The summed E-state index contributed by atoms with van der Waals surface area (Å²) < 4.78 is 4.94. The summed E-state index contributed by atoms with van der Waals surface area (Å²) in [6.45, 7) is 1.19. The fourth-order valence-corrected chi connectivity index (χ4v) is 1.37. The Morgan fingerprint density at radius 2 is 1.94 bits per heavy atom. The maximum Gasteiger partial charge on any atom is 0.338 e. The van der Waals surface area contributed by atoms with Crippen molar-refractivity contribution in [3.8, 4) is 0 Å². The van der Waals surface area contributed by atoms with Gasteiger partial charge in [-0.25, -0.2) is 4.79 Å². The predicted octanol–water partition coefficient (Wildman–Crippen LogP) is 0.759. The molecule has 0 aliphatic carbocycles. The van der Waals surface area contributed by atoms with E-state index in [0.29, 0.717) is 5.56 Å². The molecule has 1 rings (SSSR count). The maximum absolute atomic E-state index is 11.7. The van der Waals surface area contributed by atoms with Crippen molar-refractivity contribution in [2.24, 2.45) is 0 Å². The van der Waals surface area contributed by atoms with E-state index >= 15 is 0 Å². The zero-order valence-electron chi connectivity index (χ0n) is 9.22. The SMILES string of the molecule is CCc1ccccc1C(=O)OC(CO)CO. The van der Waals surface area contributed by atoms with Crippen molar-refractivity contribution in [1.29, 1.82) is 0 Å². The Kier molecular flexibility index (Phi) is 4.95. The van der Waals surface area contributed by atoms with E-state index in [-0.39, 0.29) is 13.2 Å². The van der Waals surface area contributed by atoms with Gasteiger partial charge in [0.2, 0.25) is 0 Å². The highest BCUT2D eigenvalue weighted by Crippen LogP contribution is 2.11. The van der Waals surface area contributed by atoms with E-state index in [4.69, 9.17) is 14.9 Å². The summed E-state index contributed by atoms with van der Waals surface area (Å²) in [7, 11) is 0. The average molecular weight is 224 g/mol. The fourth-order valence-electron chi connectivity index (χ4n) is 1.37. The first-order chi connectivity index (χ1) is 7.72. The number of hydrogen-bond acceptors (Lipinski definition) is 4. The molecule has 2 N–H and O–H groups in total. The van der Waals surface area contributed by atoms with E-state index in [1.807, 2.05) is 19.1 Å². The van der Waals surface area contributed by atoms with Crippen LogP contribution in [0.25, 0.3) is 0 Å². The van der Waals surface area contributed by atoms with Gasteiger partial charge in [-0.05, 0) is 18.1 Å². The number of aryl methyl sites for hydroxylation is 1. The summed E-state index contributed by atoms with van der Waals surface area (Å²) in [5.74, 6) is -0.509. The Morgan fingerprint density at radius 1 is 1.31 bits per heavy atom. The molecule has 0 atom stereocenters. The summed E-state index contributed by atoms with van der Waals surface area (Å²) in [5, 5.41) is 17.6. The largest absolute Gasteiger partial charge is 0.454 e. The number of ether oxygens (including phenoxy) is 1. The lowest BCUT2D eigenvalue weighted by molar-refractivity contribution is -0.00554. The Morgan fingerprint density at radius 3 is 2.50 bits per heavy atom. The van der Waals surface area contributed by atoms with Crippen molar-refractivity contribution in [1.82, 2.24) is 0 Å². The number of esters is 1. The van der Waals surface area contributed by atoms with Gasteiger partial charge in [-0.15, -0.1) is 0 Å². The lowest BCUT2D eigenvalue weighted by Crippen LogP contribution is -2.26. The van der Waals surface area contributed by atoms with Gasteiger partial charge in [0.15, 0.2) is 0 Å². The van der Waals surface area contributed by atoms with Crippen LogP contribution >= 0.6 is 0 Å². The molecule has 1 aromatic rings. The molecule has 0 bridgehead atoms. The van der Waals surface area contributed by atoms with Gasteiger partial charge in [-0.1, -0.05) is 25.1 Å². The zero-order valence-corrected chi connectivity index (χ0v) is 9.22. The van der Waals surface area contributed by atoms with Crippen LogP contribution in [0.3, 0.4) is 0 Å². The van der Waals surface area contributed by atoms with Gasteiger partial charge >= 0.3 is 5.97 Å². The Balaban J connectivity index is 2.79. The van der Waals surface area contributed by atoms with Crippen LogP contribution < -0.4 is 0 Å². The molecule has 16 heavy (non-hydrogen) atoms. The van der Waals surface area contributed by atoms with Crippen LogP contribution in [0.1, 0.15) is 22.8 Å². The van der Waals surface area contributed by atoms with Crippen molar-refractivity contribution in [3.63, 3.8) is 0 Å². The summed E-state index contributed by atoms with van der Waals surface area (Å²) in [6, 6.07) is 7.13. The van der Waals surface area contributed by atoms with E-state index in [0.717, 1.165) is 12.0 Å². The van der Waals surface area contributed by atoms with Crippen molar-refractivity contribution in [3.05, 3.63) is 35.4 Å². The standard InChI is InChI=1S/C12H16O4/c1-2-9-5-3-4-6-11(9)12(15)16-10(7-13)8-14/h3-6,10,13-14H,2,7-8H2,1H3. The molecule has 88 valence electrons. The molecule has 0 aromatic heterocycles. The number of aliphatic hydroxyl groups excluding tert-OH is 2. The first-order valence-electron chi connectivity index (χ1n) is 5.23. The van der Waals surface area contributed by atoms with E-state index < -0.39 is 12.1 Å². The average Bonchev–Trinajstić information content (AvgIpc) is 2.35. The second kappa shape index (κ2) is 6.25. The van der Waals surface area contributed by atoms with Gasteiger partial charge in [-0.2, -0.15) is 0 Å². The molecule has 0 heterocycles. The summed E-state index contributed by atoms with van der Waals surface area (Å²) in [5.41, 5.74) is 1.37. The first kappa shape index (κ1) is 12.7. The molecule has 1 aromatic carbocycles. The highest BCUT2D eigenvalue weighted by atomic mass is 16.6. The van der Waals surface area contributed by atoms with Crippen LogP contribution in [0, 0.1) is 0 Å². The summed E-state index contributed by atoms with van der Waals surface area (Å²) in [6.07, 6.45) is -0.119. The molecule has 4 nitrogen and oxygen atoms in total. The molecule has 0 aliphatic heterocycles. The second-order valence-electron chi connectivity index (χ2n) is 3.40. The lowest BCUT2D eigenvalue weighted by Gasteiger charge is -2.14. The van der Waals surface area contributed by atoms with Crippen LogP contribution in [-0.4, -0.2) is 35.5 Å². The lowest BCUT2D eigenvalue weighted by atomic mass is 10.1. The minimum Gasteiger partial charge on any atom is -0.454 e. The van der Waals surface area contributed by atoms with E-state index in [1.54, 1.807) is 12.1 Å². The second-order valence-corrected chi connectivity index (χ2v) is 3.40. The van der Waals surface area contributed by atoms with Crippen molar-refractivity contribution in [2.45, 2.75) is 19.4 Å². The summed E-state index contributed by atoms with van der Waals surface area (Å²) >= 11 is 0. The van der Waals surface area contributed by atoms with Crippen molar-refractivity contribution < 1.29 is 19.7 Å². The molecule has 0 fully saturated rings. The number of carbonyl (C=O) groups is 1. The van der Waals surface area contributed by atoms with Crippen molar-refractivity contribution in [2.75, 3.05) is 13.2 Å². The number of carbonyl (C=O) groups excluding carboxylic acids is 1. The van der Waals surface area contributed by atoms with Crippen LogP contribution in [0.15, 0.2) is 24.3 Å². The number of aliphatic hydroxyl groups is 2. The highest BCUT2D eigenvalue weighted by molar-refractivity contribution is 5.91. The van der Waals surface area contributed by atoms with Gasteiger partial charge in [-0.3, -0.25) is 0 Å². The number of rotatable bonds is 5. The molecule has 0 spiro atoms. The van der Waals surface area contributed by atoms with Crippen LogP contribution in [0.4, 0.5) is 0 Å². The molecule has 0 saturated heterocycles. The van der Waals surface area contributed by atoms with E-state index in [1.165, 1.54) is 0 Å². The van der Waals surface area contributed by atoms with Crippen molar-refractivity contribution >= 4 is 5.97 Å². The first-order valence-corrected chi connectivity index (χ1v) is 5.23. The number of hydrogen-bond donors (Lipinski definition) is 2.